The molecule has 0 aromatic heterocycles. The summed E-state index contributed by atoms with van der Waals surface area (Å²) in [4.78, 5) is 14.7. The summed E-state index contributed by atoms with van der Waals surface area (Å²) in [6, 6.07) is 1.37. The second-order valence-electron chi connectivity index (χ2n) is 8.34. The predicted molar refractivity (Wildman–Crippen MR) is 89.5 cm³/mol. The van der Waals surface area contributed by atoms with Gasteiger partial charge in [-0.15, -0.1) is 0 Å². The van der Waals surface area contributed by atoms with Gasteiger partial charge in [-0.1, -0.05) is 6.42 Å². The van der Waals surface area contributed by atoms with Crippen LogP contribution < -0.4 is 5.32 Å². The average molecular weight is 324 g/mol. The Labute approximate surface area is 140 Å². The van der Waals surface area contributed by atoms with Crippen LogP contribution in [-0.4, -0.2) is 54.5 Å². The molecule has 2 aliphatic heterocycles. The molecular weight excluding hydrogens is 292 g/mol. The molecule has 1 amide bonds. The molecule has 3 aliphatic rings. The van der Waals surface area contributed by atoms with Gasteiger partial charge in [0.2, 0.25) is 0 Å². The quantitative estimate of drug-likeness (QED) is 0.867. The zero-order valence-corrected chi connectivity index (χ0v) is 14.8. The minimum atomic E-state index is -0.421. The Bertz CT molecular complexity index is 417. The molecule has 0 aromatic rings. The summed E-state index contributed by atoms with van der Waals surface area (Å²) in [7, 11) is 0. The first-order valence-electron chi connectivity index (χ1n) is 9.27. The van der Waals surface area contributed by atoms with Crippen LogP contribution in [0.4, 0.5) is 4.79 Å². The molecule has 3 atom stereocenters. The van der Waals surface area contributed by atoms with Crippen molar-refractivity contribution in [2.24, 2.45) is 5.92 Å². The smallest absolute Gasteiger partial charge is 0.410 e. The molecule has 5 nitrogen and oxygen atoms in total. The number of hydrogen-bond acceptors (Lipinski definition) is 4. The van der Waals surface area contributed by atoms with Gasteiger partial charge in [0, 0.05) is 18.6 Å². The third-order valence-electron chi connectivity index (χ3n) is 5.33. The molecule has 0 radical (unpaired) electrons. The van der Waals surface area contributed by atoms with Gasteiger partial charge in [0.15, 0.2) is 0 Å². The lowest BCUT2D eigenvalue weighted by molar-refractivity contribution is -0.0204. The lowest BCUT2D eigenvalue weighted by Gasteiger charge is -2.42. The summed E-state index contributed by atoms with van der Waals surface area (Å²) < 4.78 is 11.0. The lowest BCUT2D eigenvalue weighted by Crippen LogP contribution is -2.56. The normalized spacial score (nSPS) is 32.7. The van der Waals surface area contributed by atoms with Crippen molar-refractivity contribution >= 4 is 6.09 Å². The maximum Gasteiger partial charge on any atom is 0.410 e. The second kappa shape index (κ2) is 6.98. The summed E-state index contributed by atoms with van der Waals surface area (Å²) >= 11 is 0. The minimum absolute atomic E-state index is 0.125. The fourth-order valence-corrected chi connectivity index (χ4v) is 4.24. The topological polar surface area (TPSA) is 50.8 Å². The molecule has 1 aliphatic carbocycles. The monoisotopic (exact) mass is 324 g/mol. The van der Waals surface area contributed by atoms with E-state index in [0.717, 1.165) is 32.6 Å². The van der Waals surface area contributed by atoms with E-state index in [2.05, 4.69) is 5.32 Å². The molecule has 5 heteroatoms. The average Bonchev–Trinajstić information content (AvgIpc) is 2.89. The highest BCUT2D eigenvalue weighted by atomic mass is 16.6. The molecule has 132 valence electrons. The summed E-state index contributed by atoms with van der Waals surface area (Å²) in [5.41, 5.74) is -0.421. The molecule has 0 spiro atoms. The van der Waals surface area contributed by atoms with E-state index >= 15 is 0 Å². The summed E-state index contributed by atoms with van der Waals surface area (Å²) in [5, 5.41) is 3.77. The zero-order chi connectivity index (χ0) is 16.4. The van der Waals surface area contributed by atoms with Gasteiger partial charge < -0.3 is 19.7 Å². The molecule has 2 saturated heterocycles. The van der Waals surface area contributed by atoms with Crippen LogP contribution in [0, 0.1) is 5.92 Å². The number of nitrogens with zero attached hydrogens (tertiary/aromatic N) is 1. The number of ether oxygens (including phenoxy) is 2. The Morgan fingerprint density at radius 2 is 1.91 bits per heavy atom. The maximum atomic E-state index is 12.6. The van der Waals surface area contributed by atoms with Crippen molar-refractivity contribution in [2.45, 2.75) is 83.0 Å². The Balaban J connectivity index is 1.65. The third-order valence-corrected chi connectivity index (χ3v) is 5.33. The molecule has 1 saturated carbocycles. The number of likely N-dealkylation sites (tertiary alicyclic amines) is 1. The Morgan fingerprint density at radius 3 is 2.57 bits per heavy atom. The van der Waals surface area contributed by atoms with E-state index in [0.29, 0.717) is 24.0 Å². The Morgan fingerprint density at radius 1 is 1.13 bits per heavy atom. The van der Waals surface area contributed by atoms with E-state index in [-0.39, 0.29) is 6.09 Å². The number of carbonyl (C=O) groups is 1. The van der Waals surface area contributed by atoms with Crippen LogP contribution in [0.25, 0.3) is 0 Å². The predicted octanol–water partition coefficient (Wildman–Crippen LogP) is 2.93. The van der Waals surface area contributed by atoms with Gasteiger partial charge in [-0.25, -0.2) is 4.79 Å². The zero-order valence-electron chi connectivity index (χ0n) is 14.8. The molecule has 23 heavy (non-hydrogen) atoms. The highest BCUT2D eigenvalue weighted by Crippen LogP contribution is 2.36. The van der Waals surface area contributed by atoms with Crippen LogP contribution >= 0.6 is 0 Å². The van der Waals surface area contributed by atoms with E-state index in [9.17, 15) is 4.79 Å². The SMILES string of the molecule is CC(C)(C)OC(=O)N1CCCCC1C1CCCC1NC1COC1. The molecular formula is C18H32N2O3. The molecule has 3 rings (SSSR count). The fourth-order valence-electron chi connectivity index (χ4n) is 4.24. The van der Waals surface area contributed by atoms with Crippen molar-refractivity contribution in [3.63, 3.8) is 0 Å². The van der Waals surface area contributed by atoms with E-state index in [1.807, 2.05) is 25.7 Å². The van der Waals surface area contributed by atoms with Gasteiger partial charge in [0.25, 0.3) is 0 Å². The third kappa shape index (κ3) is 4.18. The molecule has 1 N–H and O–H groups in total. The van der Waals surface area contributed by atoms with E-state index in [1.165, 1.54) is 25.7 Å². The molecule has 3 unspecified atom stereocenters. The van der Waals surface area contributed by atoms with Gasteiger partial charge in [-0.3, -0.25) is 0 Å². The van der Waals surface area contributed by atoms with Gasteiger partial charge in [-0.05, 0) is 58.8 Å². The van der Waals surface area contributed by atoms with Crippen LogP contribution in [0.15, 0.2) is 0 Å². The van der Waals surface area contributed by atoms with Crippen LogP contribution in [0.5, 0.6) is 0 Å². The molecule has 0 bridgehead atoms. The van der Waals surface area contributed by atoms with Crippen molar-refractivity contribution in [1.82, 2.24) is 10.2 Å². The molecule has 0 aromatic carbocycles. The van der Waals surface area contributed by atoms with E-state index in [4.69, 9.17) is 9.47 Å². The summed E-state index contributed by atoms with van der Waals surface area (Å²) in [5.74, 6) is 0.559. The number of amides is 1. The van der Waals surface area contributed by atoms with Crippen molar-refractivity contribution in [3.05, 3.63) is 0 Å². The highest BCUT2D eigenvalue weighted by Gasteiger charge is 2.41. The van der Waals surface area contributed by atoms with Gasteiger partial charge in [0.05, 0.1) is 19.3 Å². The van der Waals surface area contributed by atoms with Crippen LogP contribution in [-0.2, 0) is 9.47 Å². The number of nitrogens with one attached hydrogen (secondary N) is 1. The van der Waals surface area contributed by atoms with Crippen LogP contribution in [0.3, 0.4) is 0 Å². The van der Waals surface area contributed by atoms with Crippen molar-refractivity contribution < 1.29 is 14.3 Å². The maximum absolute atomic E-state index is 12.6. The van der Waals surface area contributed by atoms with Crippen molar-refractivity contribution in [1.29, 1.82) is 0 Å². The first-order valence-corrected chi connectivity index (χ1v) is 9.27. The Kier molecular flexibility index (Phi) is 5.16. The molecule has 2 heterocycles. The van der Waals surface area contributed by atoms with Gasteiger partial charge >= 0.3 is 6.09 Å². The van der Waals surface area contributed by atoms with Gasteiger partial charge in [-0.2, -0.15) is 0 Å². The van der Waals surface area contributed by atoms with E-state index < -0.39 is 5.60 Å². The molecule has 3 fully saturated rings. The number of piperidine rings is 1. The summed E-state index contributed by atoms with van der Waals surface area (Å²) in [6.45, 7) is 8.35. The standard InChI is InChI=1S/C18H32N2O3/c1-18(2,3)23-17(21)20-10-5-4-9-16(20)14-7-6-8-15(14)19-13-11-22-12-13/h13-16,19H,4-12H2,1-3H3. The number of hydrogen-bond donors (Lipinski definition) is 1. The first kappa shape index (κ1) is 17.0. The Hall–Kier alpha value is -0.810. The fraction of sp³-hybridized carbons (Fsp3) is 0.944. The van der Waals surface area contributed by atoms with Crippen molar-refractivity contribution in [2.75, 3.05) is 19.8 Å². The van der Waals surface area contributed by atoms with Gasteiger partial charge in [0.1, 0.15) is 5.60 Å². The minimum Gasteiger partial charge on any atom is -0.444 e. The second-order valence-corrected chi connectivity index (χ2v) is 8.34. The summed E-state index contributed by atoms with van der Waals surface area (Å²) in [6.07, 6.45) is 7.00. The lowest BCUT2D eigenvalue weighted by atomic mass is 9.86. The van der Waals surface area contributed by atoms with E-state index in [1.54, 1.807) is 0 Å². The van der Waals surface area contributed by atoms with Crippen LogP contribution in [0.2, 0.25) is 0 Å². The van der Waals surface area contributed by atoms with Crippen LogP contribution in [0.1, 0.15) is 59.3 Å². The highest BCUT2D eigenvalue weighted by molar-refractivity contribution is 5.68. The number of rotatable bonds is 3. The largest absolute Gasteiger partial charge is 0.444 e. The number of carbonyl (C=O) groups excluding carboxylic acids is 1. The first-order chi connectivity index (χ1) is 10.9. The van der Waals surface area contributed by atoms with Crippen molar-refractivity contribution in [3.8, 4) is 0 Å².